The molecule has 0 amide bonds. The first-order valence-corrected chi connectivity index (χ1v) is 8.61. The second-order valence-corrected chi connectivity index (χ2v) is 7.21. The molecule has 110 valence electrons. The third-order valence-corrected chi connectivity index (χ3v) is 5.59. The minimum atomic E-state index is 0.700. The lowest BCUT2D eigenvalue weighted by Gasteiger charge is -2.40. The molecule has 1 atom stereocenters. The number of benzene rings is 1. The third-order valence-electron chi connectivity index (χ3n) is 5.34. The van der Waals surface area contributed by atoms with Crippen LogP contribution in [-0.4, -0.2) is 12.1 Å². The summed E-state index contributed by atoms with van der Waals surface area (Å²) >= 11 is 5.95. The Labute approximate surface area is 128 Å². The average molecular weight is 292 g/mol. The van der Waals surface area contributed by atoms with Crippen molar-refractivity contribution in [2.24, 2.45) is 5.92 Å². The number of hydrogen-bond acceptors (Lipinski definition) is 1. The highest BCUT2D eigenvalue weighted by Gasteiger charge is 2.32. The van der Waals surface area contributed by atoms with Gasteiger partial charge in [0, 0.05) is 17.1 Å². The summed E-state index contributed by atoms with van der Waals surface area (Å²) in [5, 5.41) is 4.71. The van der Waals surface area contributed by atoms with Crippen LogP contribution in [0.2, 0.25) is 5.02 Å². The zero-order chi connectivity index (χ0) is 13.9. The van der Waals surface area contributed by atoms with Crippen molar-refractivity contribution in [3.05, 3.63) is 34.9 Å². The predicted molar refractivity (Wildman–Crippen MR) is 86.4 cm³/mol. The molecule has 0 unspecified atom stereocenters. The van der Waals surface area contributed by atoms with Crippen molar-refractivity contribution in [1.82, 2.24) is 5.32 Å². The summed E-state index contributed by atoms with van der Waals surface area (Å²) in [4.78, 5) is 0. The molecule has 2 aliphatic carbocycles. The first kappa shape index (κ1) is 14.4. The summed E-state index contributed by atoms with van der Waals surface area (Å²) in [6, 6.07) is 9.84. The van der Waals surface area contributed by atoms with Crippen molar-refractivity contribution in [3.63, 3.8) is 0 Å². The highest BCUT2D eigenvalue weighted by atomic mass is 35.5. The van der Waals surface area contributed by atoms with Crippen molar-refractivity contribution in [1.29, 1.82) is 0 Å². The molecule has 2 aliphatic rings. The molecule has 3 rings (SSSR count). The van der Waals surface area contributed by atoms with Crippen LogP contribution < -0.4 is 5.32 Å². The fraction of sp³-hybridized carbons (Fsp3) is 0.667. The molecule has 1 nitrogen and oxygen atoms in total. The second-order valence-electron chi connectivity index (χ2n) is 6.77. The van der Waals surface area contributed by atoms with E-state index in [4.69, 9.17) is 11.6 Å². The Morgan fingerprint density at radius 1 is 1.05 bits per heavy atom. The van der Waals surface area contributed by atoms with E-state index in [1.54, 1.807) is 0 Å². The van der Waals surface area contributed by atoms with E-state index < -0.39 is 0 Å². The van der Waals surface area contributed by atoms with Crippen molar-refractivity contribution in [2.45, 2.75) is 69.9 Å². The van der Waals surface area contributed by atoms with Crippen LogP contribution in [-0.2, 0) is 0 Å². The van der Waals surface area contributed by atoms with E-state index in [1.807, 2.05) is 12.1 Å². The molecule has 0 aliphatic heterocycles. The second kappa shape index (κ2) is 6.49. The zero-order valence-electron chi connectivity index (χ0n) is 12.4. The first-order chi connectivity index (χ1) is 9.72. The van der Waals surface area contributed by atoms with Gasteiger partial charge in [0.2, 0.25) is 0 Å². The Balaban J connectivity index is 1.44. The fourth-order valence-electron chi connectivity index (χ4n) is 3.90. The number of hydrogen-bond donors (Lipinski definition) is 1. The monoisotopic (exact) mass is 291 g/mol. The number of rotatable bonds is 4. The van der Waals surface area contributed by atoms with Crippen molar-refractivity contribution < 1.29 is 0 Å². The molecule has 0 radical (unpaired) electrons. The van der Waals surface area contributed by atoms with Crippen LogP contribution in [0.1, 0.15) is 63.4 Å². The molecule has 1 N–H and O–H groups in total. The molecule has 2 fully saturated rings. The third kappa shape index (κ3) is 3.38. The van der Waals surface area contributed by atoms with Crippen LogP contribution in [0.4, 0.5) is 0 Å². The van der Waals surface area contributed by atoms with Gasteiger partial charge in [-0.25, -0.2) is 0 Å². The number of nitrogens with one attached hydrogen (secondary N) is 1. The van der Waals surface area contributed by atoms with Gasteiger partial charge in [0.1, 0.15) is 0 Å². The minimum absolute atomic E-state index is 0.700. The van der Waals surface area contributed by atoms with Gasteiger partial charge in [0.15, 0.2) is 0 Å². The lowest BCUT2D eigenvalue weighted by Crippen LogP contribution is -2.47. The van der Waals surface area contributed by atoms with Gasteiger partial charge in [0.25, 0.3) is 0 Å². The summed E-state index contributed by atoms with van der Waals surface area (Å²) in [7, 11) is 0. The summed E-state index contributed by atoms with van der Waals surface area (Å²) in [6.07, 6.45) is 9.77. The average Bonchev–Trinajstić information content (AvgIpc) is 2.44. The van der Waals surface area contributed by atoms with Gasteiger partial charge in [-0.1, -0.05) is 43.0 Å². The quantitative estimate of drug-likeness (QED) is 0.809. The molecule has 0 saturated heterocycles. The predicted octanol–water partition coefficient (Wildman–Crippen LogP) is 5.14. The summed E-state index contributed by atoms with van der Waals surface area (Å²) in [5.74, 6) is 1.65. The topological polar surface area (TPSA) is 12.0 Å². The summed E-state index contributed by atoms with van der Waals surface area (Å²) in [5.41, 5.74) is 1.46. The van der Waals surface area contributed by atoms with E-state index in [0.717, 1.165) is 22.9 Å². The van der Waals surface area contributed by atoms with Gasteiger partial charge < -0.3 is 5.32 Å². The molecular weight excluding hydrogens is 266 g/mol. The standard InChI is InChI=1S/C18H26ClN/c1-13(14-5-3-2-4-6-14)20-18-11-16(12-18)15-7-9-17(19)10-8-15/h7-10,13-14,16,18,20H,2-6,11-12H2,1H3/t13-,16?,18?/m1/s1. The van der Waals surface area contributed by atoms with Crippen molar-refractivity contribution in [2.75, 3.05) is 0 Å². The molecule has 0 bridgehead atoms. The van der Waals surface area contributed by atoms with Crippen LogP contribution in [0.5, 0.6) is 0 Å². The van der Waals surface area contributed by atoms with Crippen LogP contribution >= 0.6 is 11.6 Å². The Morgan fingerprint density at radius 3 is 2.35 bits per heavy atom. The molecule has 0 heterocycles. The van der Waals surface area contributed by atoms with Crippen LogP contribution in [0.3, 0.4) is 0 Å². The summed E-state index contributed by atoms with van der Waals surface area (Å²) < 4.78 is 0. The maximum absolute atomic E-state index is 5.95. The largest absolute Gasteiger partial charge is 0.311 e. The fourth-order valence-corrected chi connectivity index (χ4v) is 4.03. The number of halogens is 1. The summed E-state index contributed by atoms with van der Waals surface area (Å²) in [6.45, 7) is 2.39. The van der Waals surface area contributed by atoms with Crippen LogP contribution in [0, 0.1) is 5.92 Å². The molecule has 1 aromatic rings. The maximum Gasteiger partial charge on any atom is 0.0406 e. The molecule has 2 saturated carbocycles. The molecule has 2 heteroatoms. The normalized spacial score (nSPS) is 28.9. The van der Waals surface area contributed by atoms with Crippen LogP contribution in [0.25, 0.3) is 0 Å². The Kier molecular flexibility index (Phi) is 4.68. The van der Waals surface area contributed by atoms with Crippen molar-refractivity contribution >= 4 is 11.6 Å². The smallest absolute Gasteiger partial charge is 0.0406 e. The van der Waals surface area contributed by atoms with Gasteiger partial charge in [-0.3, -0.25) is 0 Å². The van der Waals surface area contributed by atoms with E-state index in [1.165, 1.54) is 50.5 Å². The lowest BCUT2D eigenvalue weighted by atomic mass is 9.75. The van der Waals surface area contributed by atoms with Crippen molar-refractivity contribution in [3.8, 4) is 0 Å². The molecule has 20 heavy (non-hydrogen) atoms. The van der Waals surface area contributed by atoms with E-state index >= 15 is 0 Å². The maximum atomic E-state index is 5.95. The first-order valence-electron chi connectivity index (χ1n) is 8.24. The lowest BCUT2D eigenvalue weighted by molar-refractivity contribution is 0.211. The highest BCUT2D eigenvalue weighted by Crippen LogP contribution is 2.38. The van der Waals surface area contributed by atoms with Gasteiger partial charge in [-0.2, -0.15) is 0 Å². The van der Waals surface area contributed by atoms with Crippen LogP contribution in [0.15, 0.2) is 24.3 Å². The SMILES string of the molecule is C[C@@H](NC1CC(c2ccc(Cl)cc2)C1)C1CCCCC1. The van der Waals surface area contributed by atoms with E-state index in [9.17, 15) is 0 Å². The van der Waals surface area contributed by atoms with Gasteiger partial charge in [-0.15, -0.1) is 0 Å². The molecule has 1 aromatic carbocycles. The molecular formula is C18H26ClN. The zero-order valence-corrected chi connectivity index (χ0v) is 13.2. The van der Waals surface area contributed by atoms with Gasteiger partial charge in [-0.05, 0) is 62.1 Å². The Morgan fingerprint density at radius 2 is 1.70 bits per heavy atom. The van der Waals surface area contributed by atoms with Gasteiger partial charge >= 0.3 is 0 Å². The Bertz CT molecular complexity index is 416. The van der Waals surface area contributed by atoms with E-state index in [2.05, 4.69) is 24.4 Å². The Hall–Kier alpha value is -0.530. The van der Waals surface area contributed by atoms with E-state index in [0.29, 0.717) is 6.04 Å². The molecule has 0 spiro atoms. The minimum Gasteiger partial charge on any atom is -0.311 e. The van der Waals surface area contributed by atoms with E-state index in [-0.39, 0.29) is 0 Å². The highest BCUT2D eigenvalue weighted by molar-refractivity contribution is 6.30. The van der Waals surface area contributed by atoms with Gasteiger partial charge in [0.05, 0.1) is 0 Å². The molecule has 0 aromatic heterocycles.